The summed E-state index contributed by atoms with van der Waals surface area (Å²) in [6, 6.07) is 53.1. The molecule has 9 rings (SSSR count). The van der Waals surface area contributed by atoms with Crippen molar-refractivity contribution in [3.05, 3.63) is 198 Å². The van der Waals surface area contributed by atoms with Gasteiger partial charge < -0.3 is 4.74 Å². The third-order valence-electron chi connectivity index (χ3n) is 10.0. The number of nitrogens with zero attached hydrogens (tertiary/aromatic N) is 3. The molecule has 6 aromatic carbocycles. The highest BCUT2D eigenvalue weighted by atomic mass is 16.5. The van der Waals surface area contributed by atoms with Gasteiger partial charge in [0.2, 0.25) is 0 Å². The smallest absolute Gasteiger partial charge is 0.161 e. The molecule has 242 valence electrons. The summed E-state index contributed by atoms with van der Waals surface area (Å²) in [6.07, 6.45) is 5.83. The fraction of sp³-hybridized carbons (Fsp3) is 0.0426. The number of fused-ring (bicyclic) bond motifs is 9. The van der Waals surface area contributed by atoms with Crippen LogP contribution in [0.1, 0.15) is 34.9 Å². The van der Waals surface area contributed by atoms with Gasteiger partial charge in [-0.1, -0.05) is 146 Å². The number of ether oxygens (including phenoxy) is 1. The highest BCUT2D eigenvalue weighted by Gasteiger charge is 2.50. The maximum Gasteiger partial charge on any atom is 0.161 e. The van der Waals surface area contributed by atoms with Crippen LogP contribution in [0, 0.1) is 0 Å². The first-order valence-corrected chi connectivity index (χ1v) is 17.2. The van der Waals surface area contributed by atoms with Gasteiger partial charge in [0.1, 0.15) is 11.5 Å². The van der Waals surface area contributed by atoms with Crippen LogP contribution in [0.5, 0.6) is 11.5 Å². The lowest BCUT2D eigenvalue weighted by Crippen LogP contribution is -2.32. The van der Waals surface area contributed by atoms with E-state index in [0.29, 0.717) is 17.2 Å². The van der Waals surface area contributed by atoms with Crippen molar-refractivity contribution in [3.63, 3.8) is 0 Å². The van der Waals surface area contributed by atoms with Crippen molar-refractivity contribution >= 4 is 12.4 Å². The summed E-state index contributed by atoms with van der Waals surface area (Å²) in [4.78, 5) is 14.6. The molecule has 4 heteroatoms. The van der Waals surface area contributed by atoms with E-state index < -0.39 is 5.41 Å². The van der Waals surface area contributed by atoms with Gasteiger partial charge in [-0.2, -0.15) is 0 Å². The van der Waals surface area contributed by atoms with E-state index in [1.54, 1.807) is 0 Å². The number of aliphatic imine (C=N–C) groups is 1. The second-order valence-corrected chi connectivity index (χ2v) is 12.8. The monoisotopic (exact) mass is 655 g/mol. The topological polar surface area (TPSA) is 47.4 Å². The molecule has 0 unspecified atom stereocenters. The molecule has 2 heterocycles. The van der Waals surface area contributed by atoms with Crippen LogP contribution in [0.25, 0.3) is 50.6 Å². The Morgan fingerprint density at radius 3 is 1.90 bits per heavy atom. The summed E-state index contributed by atoms with van der Waals surface area (Å²) in [7, 11) is 0. The maximum atomic E-state index is 6.82. The number of hydrogen-bond donors (Lipinski definition) is 0. The Morgan fingerprint density at radius 2 is 1.20 bits per heavy atom. The number of benzene rings is 6. The molecule has 0 amide bonds. The molecule has 0 fully saturated rings. The average molecular weight is 656 g/mol. The van der Waals surface area contributed by atoms with Crippen molar-refractivity contribution < 1.29 is 4.74 Å². The van der Waals surface area contributed by atoms with E-state index >= 15 is 0 Å². The Hall–Kier alpha value is -6.65. The molecule has 0 atom stereocenters. The number of hydrogen-bond acceptors (Lipinski definition) is 4. The van der Waals surface area contributed by atoms with Crippen molar-refractivity contribution in [1.29, 1.82) is 0 Å². The van der Waals surface area contributed by atoms with Gasteiger partial charge in [0, 0.05) is 22.3 Å². The Kier molecular flexibility index (Phi) is 7.36. The van der Waals surface area contributed by atoms with Gasteiger partial charge in [-0.3, -0.25) is 4.99 Å². The predicted molar refractivity (Wildman–Crippen MR) is 208 cm³/mol. The molecule has 1 spiro atoms. The minimum Gasteiger partial charge on any atom is -0.457 e. The summed E-state index contributed by atoms with van der Waals surface area (Å²) >= 11 is 0. The number of allylic oxidation sites excluding steroid dienone is 3. The minimum atomic E-state index is -0.509. The molecular weight excluding hydrogens is 623 g/mol. The second-order valence-electron chi connectivity index (χ2n) is 12.8. The van der Waals surface area contributed by atoms with E-state index in [4.69, 9.17) is 14.7 Å². The summed E-state index contributed by atoms with van der Waals surface area (Å²) in [5.74, 6) is 2.30. The largest absolute Gasteiger partial charge is 0.457 e. The number of aromatic nitrogens is 2. The van der Waals surface area contributed by atoms with Crippen LogP contribution in [0.2, 0.25) is 0 Å². The first-order chi connectivity index (χ1) is 25.2. The van der Waals surface area contributed by atoms with Crippen molar-refractivity contribution in [2.24, 2.45) is 4.99 Å². The number of para-hydroxylation sites is 1. The molecule has 0 saturated carbocycles. The summed E-state index contributed by atoms with van der Waals surface area (Å²) in [5.41, 5.74) is 12.9. The van der Waals surface area contributed by atoms with Crippen LogP contribution in [0.15, 0.2) is 175 Å². The van der Waals surface area contributed by atoms with E-state index in [2.05, 4.69) is 133 Å². The van der Waals surface area contributed by atoms with Crippen molar-refractivity contribution in [2.75, 3.05) is 0 Å². The third kappa shape index (κ3) is 4.79. The standard InChI is InChI=1S/C47H33N3O/c1-3-4-25-41(48-2)43-30-42(31-16-6-5-7-17-31)49-46(50-43)36-21-9-8-18-33(36)32-27-28-40-45(29-32)51-44-26-15-14-24-39(44)47(40)37-22-12-10-19-34(37)35-20-11-13-23-38(35)47/h3-30H,2H2,1H3/b4-3-,41-25-. The van der Waals surface area contributed by atoms with Crippen molar-refractivity contribution in [1.82, 2.24) is 9.97 Å². The van der Waals surface area contributed by atoms with Gasteiger partial charge in [0.25, 0.3) is 0 Å². The average Bonchev–Trinajstić information content (AvgIpc) is 3.49. The lowest BCUT2D eigenvalue weighted by Gasteiger charge is -2.39. The molecule has 4 nitrogen and oxygen atoms in total. The van der Waals surface area contributed by atoms with Crippen LogP contribution >= 0.6 is 0 Å². The van der Waals surface area contributed by atoms with Crippen LogP contribution in [0.4, 0.5) is 0 Å². The lowest BCUT2D eigenvalue weighted by atomic mass is 9.66. The first kappa shape index (κ1) is 30.4. The Balaban J connectivity index is 1.25. The summed E-state index contributed by atoms with van der Waals surface area (Å²) < 4.78 is 6.82. The molecule has 51 heavy (non-hydrogen) atoms. The molecule has 1 aliphatic heterocycles. The fourth-order valence-electron chi connectivity index (χ4n) is 7.82. The van der Waals surface area contributed by atoms with Gasteiger partial charge in [-0.15, -0.1) is 0 Å². The Bertz CT molecular complexity index is 2500. The third-order valence-corrected chi connectivity index (χ3v) is 10.0. The van der Waals surface area contributed by atoms with Gasteiger partial charge >= 0.3 is 0 Å². The zero-order valence-electron chi connectivity index (χ0n) is 28.1. The molecule has 0 N–H and O–H groups in total. The summed E-state index contributed by atoms with van der Waals surface area (Å²) in [6.45, 7) is 5.82. The van der Waals surface area contributed by atoms with E-state index in [1.165, 1.54) is 22.3 Å². The maximum absolute atomic E-state index is 6.82. The van der Waals surface area contributed by atoms with Crippen LogP contribution < -0.4 is 4.74 Å². The molecular formula is C47H33N3O. The molecule has 0 radical (unpaired) electrons. The molecule has 0 saturated heterocycles. The van der Waals surface area contributed by atoms with Crippen molar-refractivity contribution in [3.8, 4) is 56.4 Å². The van der Waals surface area contributed by atoms with E-state index in [1.807, 2.05) is 55.5 Å². The zero-order chi connectivity index (χ0) is 34.4. The zero-order valence-corrected chi connectivity index (χ0v) is 28.1. The van der Waals surface area contributed by atoms with Crippen molar-refractivity contribution in [2.45, 2.75) is 12.3 Å². The fourth-order valence-corrected chi connectivity index (χ4v) is 7.82. The SMILES string of the molecule is C=N/C(=C\C=C/C)c1cc(-c2ccccc2)nc(-c2ccccc2-c2ccc3c(c2)Oc2ccccc2C32c3ccccc3-c3ccccc32)n1. The van der Waals surface area contributed by atoms with Crippen LogP contribution in [0.3, 0.4) is 0 Å². The molecule has 1 aromatic heterocycles. The van der Waals surface area contributed by atoms with Gasteiger partial charge in [0.15, 0.2) is 5.82 Å². The van der Waals surface area contributed by atoms with E-state index in [0.717, 1.165) is 50.6 Å². The van der Waals surface area contributed by atoms with Gasteiger partial charge in [0.05, 0.1) is 22.5 Å². The molecule has 2 aliphatic rings. The van der Waals surface area contributed by atoms with Crippen LogP contribution in [-0.2, 0) is 5.41 Å². The molecule has 0 bridgehead atoms. The predicted octanol–water partition coefficient (Wildman–Crippen LogP) is 11.6. The first-order valence-electron chi connectivity index (χ1n) is 17.2. The normalized spacial score (nSPS) is 13.6. The lowest BCUT2D eigenvalue weighted by molar-refractivity contribution is 0.436. The summed E-state index contributed by atoms with van der Waals surface area (Å²) in [5, 5.41) is 0. The number of rotatable bonds is 6. The second kappa shape index (κ2) is 12.3. The Labute approximate surface area is 297 Å². The van der Waals surface area contributed by atoms with Gasteiger partial charge in [-0.05, 0) is 71.3 Å². The van der Waals surface area contributed by atoms with Crippen LogP contribution in [-0.4, -0.2) is 16.7 Å². The van der Waals surface area contributed by atoms with Gasteiger partial charge in [-0.25, -0.2) is 9.97 Å². The highest BCUT2D eigenvalue weighted by Crippen LogP contribution is 2.62. The minimum absolute atomic E-state index is 0.509. The highest BCUT2D eigenvalue weighted by molar-refractivity contribution is 5.90. The molecule has 7 aromatic rings. The Morgan fingerprint density at radius 1 is 0.588 bits per heavy atom. The van der Waals surface area contributed by atoms with E-state index in [-0.39, 0.29) is 0 Å². The molecule has 1 aliphatic carbocycles. The van der Waals surface area contributed by atoms with E-state index in [9.17, 15) is 0 Å². The quantitative estimate of drug-likeness (QED) is 0.132.